The fourth-order valence-electron chi connectivity index (χ4n) is 1.01. The van der Waals surface area contributed by atoms with Gasteiger partial charge in [0.2, 0.25) is 6.41 Å². The molecule has 0 rings (SSSR count). The quantitative estimate of drug-likeness (QED) is 0.286. The van der Waals surface area contributed by atoms with Crippen molar-refractivity contribution in [3.8, 4) is 0 Å². The van der Waals surface area contributed by atoms with Crippen molar-refractivity contribution in [2.24, 2.45) is 0 Å². The number of aliphatic hydroxyl groups excluding tert-OH is 5. The van der Waals surface area contributed by atoms with Gasteiger partial charge in [0.05, 0.1) is 6.61 Å². The third kappa shape index (κ3) is 4.54. The monoisotopic (exact) mass is 223 g/mol. The van der Waals surface area contributed by atoms with Gasteiger partial charge in [-0.05, 0) is 0 Å². The van der Waals surface area contributed by atoms with Gasteiger partial charge in [0, 0.05) is 13.6 Å². The molecule has 0 bridgehead atoms. The highest BCUT2D eigenvalue weighted by Gasteiger charge is 2.30. The van der Waals surface area contributed by atoms with E-state index in [2.05, 4.69) is 0 Å². The maximum Gasteiger partial charge on any atom is 0.209 e. The lowest BCUT2D eigenvalue weighted by atomic mass is 10.0. The average molecular weight is 223 g/mol. The third-order valence-electron chi connectivity index (χ3n) is 1.98. The number of rotatable bonds is 7. The van der Waals surface area contributed by atoms with Gasteiger partial charge in [-0.25, -0.2) is 0 Å². The van der Waals surface area contributed by atoms with E-state index in [-0.39, 0.29) is 6.54 Å². The van der Waals surface area contributed by atoms with Crippen LogP contribution in [-0.2, 0) is 4.79 Å². The van der Waals surface area contributed by atoms with Crippen molar-refractivity contribution < 1.29 is 30.3 Å². The fraction of sp³-hybridized carbons (Fsp3) is 0.875. The molecule has 0 spiro atoms. The smallest absolute Gasteiger partial charge is 0.209 e. The SMILES string of the molecule is CN(C=O)C[C@H](O)[C@@H](O)[C@H](O)[C@H](O)CO. The van der Waals surface area contributed by atoms with E-state index >= 15 is 0 Å². The molecule has 0 unspecified atom stereocenters. The van der Waals surface area contributed by atoms with E-state index < -0.39 is 31.0 Å². The topological polar surface area (TPSA) is 121 Å². The Morgan fingerprint density at radius 3 is 2.00 bits per heavy atom. The van der Waals surface area contributed by atoms with E-state index in [1.165, 1.54) is 7.05 Å². The van der Waals surface area contributed by atoms with Gasteiger partial charge in [-0.2, -0.15) is 0 Å². The number of hydrogen-bond donors (Lipinski definition) is 5. The molecule has 0 radical (unpaired) electrons. The highest BCUT2D eigenvalue weighted by molar-refractivity contribution is 5.46. The summed E-state index contributed by atoms with van der Waals surface area (Å²) in [7, 11) is 1.39. The lowest BCUT2D eigenvalue weighted by molar-refractivity contribution is -0.128. The van der Waals surface area contributed by atoms with Crippen LogP contribution in [0.2, 0.25) is 0 Å². The van der Waals surface area contributed by atoms with Crippen LogP contribution in [0.25, 0.3) is 0 Å². The van der Waals surface area contributed by atoms with Crippen molar-refractivity contribution in [2.45, 2.75) is 24.4 Å². The molecule has 0 saturated carbocycles. The van der Waals surface area contributed by atoms with Crippen LogP contribution in [0, 0.1) is 0 Å². The molecule has 0 aromatic carbocycles. The van der Waals surface area contributed by atoms with Crippen molar-refractivity contribution in [3.05, 3.63) is 0 Å². The Morgan fingerprint density at radius 1 is 1.13 bits per heavy atom. The molecular weight excluding hydrogens is 206 g/mol. The molecule has 0 aliphatic carbocycles. The molecule has 15 heavy (non-hydrogen) atoms. The first-order valence-electron chi connectivity index (χ1n) is 4.42. The Hall–Kier alpha value is -0.730. The van der Waals surface area contributed by atoms with Gasteiger partial charge in [0.15, 0.2) is 0 Å². The maximum atomic E-state index is 10.2. The van der Waals surface area contributed by atoms with Crippen molar-refractivity contribution in [1.82, 2.24) is 4.90 Å². The number of carbonyl (C=O) groups excluding carboxylic acids is 1. The first kappa shape index (κ1) is 14.3. The number of amides is 1. The summed E-state index contributed by atoms with van der Waals surface area (Å²) in [6.45, 7) is -0.908. The predicted octanol–water partition coefficient (Wildman–Crippen LogP) is -3.49. The lowest BCUT2D eigenvalue weighted by Gasteiger charge is -2.27. The normalized spacial score (nSPS) is 19.1. The number of nitrogens with zero attached hydrogens (tertiary/aromatic N) is 1. The highest BCUT2D eigenvalue weighted by atomic mass is 16.4. The van der Waals surface area contributed by atoms with E-state index in [1.54, 1.807) is 0 Å². The summed E-state index contributed by atoms with van der Waals surface area (Å²) in [6.07, 6.45) is -5.77. The maximum absolute atomic E-state index is 10.2. The molecule has 0 aliphatic rings. The zero-order chi connectivity index (χ0) is 12.0. The second-order valence-electron chi connectivity index (χ2n) is 3.34. The van der Waals surface area contributed by atoms with E-state index in [0.29, 0.717) is 6.41 Å². The van der Waals surface area contributed by atoms with E-state index in [4.69, 9.17) is 10.2 Å². The second kappa shape index (κ2) is 6.70. The first-order chi connectivity index (χ1) is 6.93. The Balaban J connectivity index is 4.17. The number of hydrogen-bond acceptors (Lipinski definition) is 6. The molecule has 5 N–H and O–H groups in total. The van der Waals surface area contributed by atoms with Crippen LogP contribution in [0.4, 0.5) is 0 Å². The van der Waals surface area contributed by atoms with Gasteiger partial charge < -0.3 is 30.4 Å². The summed E-state index contributed by atoms with van der Waals surface area (Å²) < 4.78 is 0. The Morgan fingerprint density at radius 2 is 1.60 bits per heavy atom. The summed E-state index contributed by atoms with van der Waals surface area (Å²) >= 11 is 0. The minimum absolute atomic E-state index is 0.181. The summed E-state index contributed by atoms with van der Waals surface area (Å²) in [5.74, 6) is 0. The predicted molar refractivity (Wildman–Crippen MR) is 49.8 cm³/mol. The van der Waals surface area contributed by atoms with Crippen molar-refractivity contribution >= 4 is 6.41 Å². The van der Waals surface area contributed by atoms with Gasteiger partial charge in [-0.3, -0.25) is 4.79 Å². The van der Waals surface area contributed by atoms with Gasteiger partial charge in [-0.15, -0.1) is 0 Å². The van der Waals surface area contributed by atoms with Crippen molar-refractivity contribution in [1.29, 1.82) is 0 Å². The van der Waals surface area contributed by atoms with Crippen LogP contribution >= 0.6 is 0 Å². The molecule has 4 atom stereocenters. The van der Waals surface area contributed by atoms with Gasteiger partial charge in [0.25, 0.3) is 0 Å². The molecular formula is C8H17NO6. The van der Waals surface area contributed by atoms with Crippen LogP contribution in [0.3, 0.4) is 0 Å². The first-order valence-corrected chi connectivity index (χ1v) is 4.42. The minimum atomic E-state index is -1.66. The van der Waals surface area contributed by atoms with Crippen LogP contribution < -0.4 is 0 Å². The van der Waals surface area contributed by atoms with Gasteiger partial charge >= 0.3 is 0 Å². The molecule has 7 nitrogen and oxygen atoms in total. The standard InChI is InChI=1S/C8H17NO6/c1-9(4-11)2-5(12)7(14)8(15)6(13)3-10/h4-8,10,12-15H,2-3H2,1H3/t5-,6+,7+,8+/m0/s1. The zero-order valence-corrected chi connectivity index (χ0v) is 8.39. The molecule has 0 heterocycles. The Bertz CT molecular complexity index is 190. The van der Waals surface area contributed by atoms with Crippen molar-refractivity contribution in [2.75, 3.05) is 20.2 Å². The van der Waals surface area contributed by atoms with Crippen LogP contribution in [0.5, 0.6) is 0 Å². The third-order valence-corrected chi connectivity index (χ3v) is 1.98. The molecule has 0 aliphatic heterocycles. The largest absolute Gasteiger partial charge is 0.394 e. The summed E-state index contributed by atoms with van der Waals surface area (Å²) in [4.78, 5) is 11.3. The molecule has 0 saturated heterocycles. The number of carbonyl (C=O) groups is 1. The summed E-state index contributed by atoms with van der Waals surface area (Å²) in [5.41, 5.74) is 0. The zero-order valence-electron chi connectivity index (χ0n) is 8.39. The molecule has 0 aromatic heterocycles. The number of likely N-dealkylation sites (N-methyl/N-ethyl adjacent to an activating group) is 1. The molecule has 7 heteroatoms. The Labute approximate surface area is 87.2 Å². The van der Waals surface area contributed by atoms with E-state index in [9.17, 15) is 20.1 Å². The van der Waals surface area contributed by atoms with Gasteiger partial charge in [-0.1, -0.05) is 0 Å². The molecule has 1 amide bonds. The van der Waals surface area contributed by atoms with Crippen LogP contribution in [0.15, 0.2) is 0 Å². The van der Waals surface area contributed by atoms with Crippen LogP contribution in [-0.4, -0.2) is 81.5 Å². The van der Waals surface area contributed by atoms with E-state index in [1.807, 2.05) is 0 Å². The van der Waals surface area contributed by atoms with Crippen LogP contribution in [0.1, 0.15) is 0 Å². The highest BCUT2D eigenvalue weighted by Crippen LogP contribution is 2.05. The minimum Gasteiger partial charge on any atom is -0.394 e. The fourth-order valence-corrected chi connectivity index (χ4v) is 1.01. The van der Waals surface area contributed by atoms with Gasteiger partial charge in [0.1, 0.15) is 24.4 Å². The molecule has 90 valence electrons. The van der Waals surface area contributed by atoms with Crippen molar-refractivity contribution in [3.63, 3.8) is 0 Å². The second-order valence-corrected chi connectivity index (χ2v) is 3.34. The Kier molecular flexibility index (Phi) is 6.37. The summed E-state index contributed by atoms with van der Waals surface area (Å²) in [6, 6.07) is 0. The lowest BCUT2D eigenvalue weighted by Crippen LogP contribution is -2.49. The summed E-state index contributed by atoms with van der Waals surface area (Å²) in [5, 5.41) is 45.3. The van der Waals surface area contributed by atoms with E-state index in [0.717, 1.165) is 4.90 Å². The average Bonchev–Trinajstić information content (AvgIpc) is 2.25. The molecule has 0 fully saturated rings. The molecule has 0 aromatic rings. The number of aliphatic hydroxyl groups is 5.